The van der Waals surface area contributed by atoms with Gasteiger partial charge in [0.1, 0.15) is 6.54 Å². The maximum atomic E-state index is 12.7. The summed E-state index contributed by atoms with van der Waals surface area (Å²) >= 11 is 0. The molecule has 2 aromatic rings. The van der Waals surface area contributed by atoms with Crippen LogP contribution in [-0.4, -0.2) is 66.1 Å². The molecule has 0 aromatic heterocycles. The fourth-order valence-electron chi connectivity index (χ4n) is 3.53. The van der Waals surface area contributed by atoms with E-state index in [2.05, 4.69) is 36.1 Å². The summed E-state index contributed by atoms with van der Waals surface area (Å²) in [6, 6.07) is 17.7. The lowest BCUT2D eigenvalue weighted by molar-refractivity contribution is -0.135. The van der Waals surface area contributed by atoms with E-state index in [0.29, 0.717) is 13.1 Å². The van der Waals surface area contributed by atoms with Crippen molar-refractivity contribution in [3.8, 4) is 0 Å². The second-order valence-corrected chi connectivity index (χ2v) is 7.23. The average Bonchev–Trinajstić information content (AvgIpc) is 2.68. The van der Waals surface area contributed by atoms with Gasteiger partial charge in [-0.1, -0.05) is 48.0 Å². The van der Waals surface area contributed by atoms with E-state index in [1.807, 2.05) is 35.2 Å². The summed E-state index contributed by atoms with van der Waals surface area (Å²) in [6.07, 6.45) is 0. The third kappa shape index (κ3) is 5.57. The second kappa shape index (κ2) is 9.37. The monoisotopic (exact) mass is 381 g/mol. The minimum absolute atomic E-state index is 0.0275. The first kappa shape index (κ1) is 19.9. The Morgan fingerprint density at radius 1 is 0.964 bits per heavy atom. The summed E-state index contributed by atoms with van der Waals surface area (Å²) in [7, 11) is 0. The molecule has 1 aliphatic rings. The van der Waals surface area contributed by atoms with Gasteiger partial charge < -0.3 is 14.9 Å². The van der Waals surface area contributed by atoms with Gasteiger partial charge >= 0.3 is 5.97 Å². The predicted molar refractivity (Wildman–Crippen MR) is 109 cm³/mol. The highest BCUT2D eigenvalue weighted by Gasteiger charge is 2.23. The number of anilines is 1. The van der Waals surface area contributed by atoms with Gasteiger partial charge in [0.2, 0.25) is 5.91 Å². The van der Waals surface area contributed by atoms with Gasteiger partial charge in [-0.25, -0.2) is 0 Å². The van der Waals surface area contributed by atoms with Gasteiger partial charge in [-0.05, 0) is 24.6 Å². The summed E-state index contributed by atoms with van der Waals surface area (Å²) in [6.45, 7) is 5.85. The van der Waals surface area contributed by atoms with Crippen LogP contribution in [0.15, 0.2) is 54.6 Å². The Hall–Kier alpha value is -2.86. The van der Waals surface area contributed by atoms with Crippen LogP contribution >= 0.6 is 0 Å². The van der Waals surface area contributed by atoms with Crippen molar-refractivity contribution in [3.05, 3.63) is 65.7 Å². The van der Waals surface area contributed by atoms with Crippen LogP contribution in [0.3, 0.4) is 0 Å². The molecule has 1 heterocycles. The Morgan fingerprint density at radius 3 is 2.32 bits per heavy atom. The standard InChI is InChI=1S/C22H27N3O3/c1-18-6-5-7-19(14-18)15-23-10-12-24(13-11-23)21(26)16-25(17-22(27)28)20-8-3-2-4-9-20/h2-9,14H,10-13,15-17H2,1H3,(H,27,28). The van der Waals surface area contributed by atoms with Gasteiger partial charge in [-0.2, -0.15) is 0 Å². The van der Waals surface area contributed by atoms with E-state index in [-0.39, 0.29) is 19.0 Å². The van der Waals surface area contributed by atoms with E-state index >= 15 is 0 Å². The fourth-order valence-corrected chi connectivity index (χ4v) is 3.53. The van der Waals surface area contributed by atoms with Crippen molar-refractivity contribution < 1.29 is 14.7 Å². The molecule has 1 aliphatic heterocycles. The number of carboxylic acids is 1. The maximum Gasteiger partial charge on any atom is 0.323 e. The molecule has 0 aliphatic carbocycles. The molecule has 0 unspecified atom stereocenters. The Bertz CT molecular complexity index is 802. The quantitative estimate of drug-likeness (QED) is 0.797. The number of hydrogen-bond donors (Lipinski definition) is 1. The van der Waals surface area contributed by atoms with E-state index in [1.165, 1.54) is 11.1 Å². The lowest BCUT2D eigenvalue weighted by atomic mass is 10.1. The molecule has 0 spiro atoms. The number of nitrogens with zero attached hydrogens (tertiary/aromatic N) is 3. The summed E-state index contributed by atoms with van der Waals surface area (Å²) < 4.78 is 0. The second-order valence-electron chi connectivity index (χ2n) is 7.23. The Kier molecular flexibility index (Phi) is 6.66. The highest BCUT2D eigenvalue weighted by Crippen LogP contribution is 2.15. The molecule has 148 valence electrons. The van der Waals surface area contributed by atoms with E-state index < -0.39 is 5.97 Å². The van der Waals surface area contributed by atoms with E-state index in [9.17, 15) is 14.7 Å². The molecule has 1 N–H and O–H groups in total. The first-order valence-corrected chi connectivity index (χ1v) is 9.59. The Labute approximate surface area is 166 Å². The third-order valence-electron chi connectivity index (χ3n) is 4.99. The van der Waals surface area contributed by atoms with Crippen LogP contribution in [0.25, 0.3) is 0 Å². The number of benzene rings is 2. The Morgan fingerprint density at radius 2 is 1.68 bits per heavy atom. The van der Waals surface area contributed by atoms with Crippen molar-refractivity contribution in [2.45, 2.75) is 13.5 Å². The highest BCUT2D eigenvalue weighted by molar-refractivity contribution is 5.84. The molecule has 6 nitrogen and oxygen atoms in total. The molecule has 3 rings (SSSR count). The molecule has 0 atom stereocenters. The van der Waals surface area contributed by atoms with Crippen LogP contribution in [0, 0.1) is 6.92 Å². The average molecular weight is 381 g/mol. The summed E-state index contributed by atoms with van der Waals surface area (Å²) in [5.41, 5.74) is 3.29. The molecule has 0 saturated carbocycles. The van der Waals surface area contributed by atoms with Gasteiger partial charge in [-0.3, -0.25) is 14.5 Å². The maximum absolute atomic E-state index is 12.7. The number of carbonyl (C=O) groups is 2. The summed E-state index contributed by atoms with van der Waals surface area (Å²) in [5.74, 6) is -0.972. The number of carboxylic acid groups (broad SMARTS) is 1. The SMILES string of the molecule is Cc1cccc(CN2CCN(C(=O)CN(CC(=O)O)c3ccccc3)CC2)c1. The van der Waals surface area contributed by atoms with E-state index in [1.54, 1.807) is 4.90 Å². The van der Waals surface area contributed by atoms with Crippen molar-refractivity contribution >= 4 is 17.6 Å². The molecule has 6 heteroatoms. The van der Waals surface area contributed by atoms with Crippen molar-refractivity contribution in [1.29, 1.82) is 0 Å². The van der Waals surface area contributed by atoms with Crippen LogP contribution in [0.1, 0.15) is 11.1 Å². The number of piperazine rings is 1. The number of aryl methyl sites for hydroxylation is 1. The molecule has 1 amide bonds. The van der Waals surface area contributed by atoms with Crippen LogP contribution in [-0.2, 0) is 16.1 Å². The molecule has 0 bridgehead atoms. The summed E-state index contributed by atoms with van der Waals surface area (Å²) in [5, 5.41) is 9.19. The number of carbonyl (C=O) groups excluding carboxylic acids is 1. The van der Waals surface area contributed by atoms with Gasteiger partial charge in [-0.15, -0.1) is 0 Å². The molecule has 1 saturated heterocycles. The zero-order valence-corrected chi connectivity index (χ0v) is 16.3. The number of rotatable bonds is 7. The molecular weight excluding hydrogens is 354 g/mol. The van der Waals surface area contributed by atoms with Crippen LogP contribution < -0.4 is 4.90 Å². The first-order chi connectivity index (χ1) is 13.5. The smallest absolute Gasteiger partial charge is 0.323 e. The van der Waals surface area contributed by atoms with Crippen LogP contribution in [0.5, 0.6) is 0 Å². The molecular formula is C22H27N3O3. The Balaban J connectivity index is 1.54. The normalized spacial score (nSPS) is 14.7. The lowest BCUT2D eigenvalue weighted by Gasteiger charge is -2.36. The van der Waals surface area contributed by atoms with Crippen molar-refractivity contribution in [1.82, 2.24) is 9.80 Å². The first-order valence-electron chi connectivity index (χ1n) is 9.59. The number of para-hydroxylation sites is 1. The van der Waals surface area contributed by atoms with Gasteiger partial charge in [0.25, 0.3) is 0 Å². The van der Waals surface area contributed by atoms with Gasteiger partial charge in [0, 0.05) is 38.4 Å². The number of amides is 1. The number of aliphatic carboxylic acids is 1. The minimum Gasteiger partial charge on any atom is -0.480 e. The zero-order valence-electron chi connectivity index (χ0n) is 16.3. The minimum atomic E-state index is -0.945. The van der Waals surface area contributed by atoms with Crippen LogP contribution in [0.2, 0.25) is 0 Å². The van der Waals surface area contributed by atoms with Crippen molar-refractivity contribution in [2.24, 2.45) is 0 Å². The molecule has 28 heavy (non-hydrogen) atoms. The largest absolute Gasteiger partial charge is 0.480 e. The topological polar surface area (TPSA) is 64.1 Å². The van der Waals surface area contributed by atoms with E-state index in [4.69, 9.17) is 0 Å². The highest BCUT2D eigenvalue weighted by atomic mass is 16.4. The zero-order chi connectivity index (χ0) is 19.9. The lowest BCUT2D eigenvalue weighted by Crippen LogP contribution is -2.51. The molecule has 2 aromatic carbocycles. The van der Waals surface area contributed by atoms with E-state index in [0.717, 1.165) is 25.3 Å². The van der Waals surface area contributed by atoms with Crippen molar-refractivity contribution in [2.75, 3.05) is 44.2 Å². The van der Waals surface area contributed by atoms with Crippen LogP contribution in [0.4, 0.5) is 5.69 Å². The third-order valence-corrected chi connectivity index (χ3v) is 4.99. The summed E-state index contributed by atoms with van der Waals surface area (Å²) in [4.78, 5) is 29.8. The van der Waals surface area contributed by atoms with Crippen molar-refractivity contribution in [3.63, 3.8) is 0 Å². The van der Waals surface area contributed by atoms with Gasteiger partial charge in [0.05, 0.1) is 6.54 Å². The molecule has 0 radical (unpaired) electrons. The predicted octanol–water partition coefficient (Wildman–Crippen LogP) is 2.23. The fraction of sp³-hybridized carbons (Fsp3) is 0.364. The molecule has 1 fully saturated rings. The van der Waals surface area contributed by atoms with Gasteiger partial charge in [0.15, 0.2) is 0 Å². The number of hydrogen-bond acceptors (Lipinski definition) is 4.